The van der Waals surface area contributed by atoms with Gasteiger partial charge < -0.3 is 4.74 Å². The predicted molar refractivity (Wildman–Crippen MR) is 61.0 cm³/mol. The van der Waals surface area contributed by atoms with Crippen molar-refractivity contribution in [1.82, 2.24) is 0 Å². The molecule has 0 aliphatic carbocycles. The minimum Gasteiger partial charge on any atom is -0.372 e. The molecule has 1 fully saturated rings. The number of hydrogen-bond donors (Lipinski definition) is 0. The number of hydrogen-bond acceptors (Lipinski definition) is 2. The quantitative estimate of drug-likeness (QED) is 0.556. The van der Waals surface area contributed by atoms with E-state index < -0.39 is 0 Å². The molecule has 0 N–H and O–H groups in total. The molecule has 0 amide bonds. The van der Waals surface area contributed by atoms with Crippen molar-refractivity contribution in [3.05, 3.63) is 29.8 Å². The van der Waals surface area contributed by atoms with Crippen LogP contribution in [0, 0.1) is 0 Å². The van der Waals surface area contributed by atoms with Gasteiger partial charge in [-0.3, -0.25) is 0 Å². The number of benzene rings is 1. The Morgan fingerprint density at radius 3 is 2.50 bits per heavy atom. The maximum absolute atomic E-state index is 5.17. The molecule has 0 radical (unpaired) electrons. The van der Waals surface area contributed by atoms with Gasteiger partial charge in [-0.2, -0.15) is 0 Å². The molecule has 1 aromatic carbocycles. The first-order valence-electron chi connectivity index (χ1n) is 5.10. The molecule has 1 saturated heterocycles. The van der Waals surface area contributed by atoms with Crippen molar-refractivity contribution in [3.63, 3.8) is 0 Å². The molecule has 1 aliphatic heterocycles. The van der Waals surface area contributed by atoms with Crippen molar-refractivity contribution in [2.24, 2.45) is 0 Å². The first-order chi connectivity index (χ1) is 6.75. The molecule has 0 bridgehead atoms. The average Bonchev–Trinajstić information content (AvgIpc) is 2.99. The molecule has 76 valence electrons. The Bertz CT molecular complexity index is 288. The smallest absolute Gasteiger partial charge is 0.0903 e. The van der Waals surface area contributed by atoms with Crippen molar-refractivity contribution >= 4 is 11.8 Å². The zero-order valence-corrected chi connectivity index (χ0v) is 9.51. The summed E-state index contributed by atoms with van der Waals surface area (Å²) in [7, 11) is 0. The summed E-state index contributed by atoms with van der Waals surface area (Å²) in [6, 6.07) is 8.87. The molecule has 1 nitrogen and oxygen atoms in total. The van der Waals surface area contributed by atoms with Gasteiger partial charge in [-0.25, -0.2) is 0 Å². The van der Waals surface area contributed by atoms with E-state index in [1.807, 2.05) is 11.8 Å². The van der Waals surface area contributed by atoms with E-state index in [1.165, 1.54) is 10.5 Å². The second-order valence-electron chi connectivity index (χ2n) is 3.99. The largest absolute Gasteiger partial charge is 0.372 e. The topological polar surface area (TPSA) is 12.5 Å². The van der Waals surface area contributed by atoms with Gasteiger partial charge in [-0.1, -0.05) is 26.0 Å². The fourth-order valence-electron chi connectivity index (χ4n) is 1.30. The fourth-order valence-corrected chi connectivity index (χ4v) is 2.20. The lowest BCUT2D eigenvalue weighted by Gasteiger charge is -2.05. The molecule has 14 heavy (non-hydrogen) atoms. The molecule has 1 aromatic rings. The van der Waals surface area contributed by atoms with E-state index in [1.54, 1.807) is 0 Å². The van der Waals surface area contributed by atoms with Crippen molar-refractivity contribution in [1.29, 1.82) is 0 Å². The first kappa shape index (κ1) is 10.1. The summed E-state index contributed by atoms with van der Waals surface area (Å²) in [6.45, 7) is 5.40. The van der Waals surface area contributed by atoms with E-state index in [0.29, 0.717) is 12.0 Å². The SMILES string of the molecule is CC(C)c1ccc(SCC2CO2)cc1. The molecule has 2 heteroatoms. The third-order valence-corrected chi connectivity index (χ3v) is 3.53. The van der Waals surface area contributed by atoms with Gasteiger partial charge >= 0.3 is 0 Å². The van der Waals surface area contributed by atoms with Crippen molar-refractivity contribution in [3.8, 4) is 0 Å². The number of rotatable bonds is 4. The normalized spacial score (nSPS) is 20.1. The minimum atomic E-state index is 0.518. The molecular formula is C12H16OS. The minimum absolute atomic E-state index is 0.518. The van der Waals surface area contributed by atoms with Crippen LogP contribution in [0.4, 0.5) is 0 Å². The van der Waals surface area contributed by atoms with Crippen LogP contribution < -0.4 is 0 Å². The maximum atomic E-state index is 5.17. The molecular weight excluding hydrogens is 192 g/mol. The molecule has 0 saturated carbocycles. The molecule has 2 rings (SSSR count). The van der Waals surface area contributed by atoms with Crippen LogP contribution in [0.15, 0.2) is 29.2 Å². The van der Waals surface area contributed by atoms with Gasteiger partial charge in [0.15, 0.2) is 0 Å². The Kier molecular flexibility index (Phi) is 3.14. The maximum Gasteiger partial charge on any atom is 0.0903 e. The standard InChI is InChI=1S/C12H16OS/c1-9(2)10-3-5-12(6-4-10)14-8-11-7-13-11/h3-6,9,11H,7-8H2,1-2H3. The molecule has 0 aromatic heterocycles. The zero-order valence-electron chi connectivity index (χ0n) is 8.69. The van der Waals surface area contributed by atoms with Gasteiger partial charge in [0, 0.05) is 10.6 Å². The van der Waals surface area contributed by atoms with E-state index in [-0.39, 0.29) is 0 Å². The van der Waals surface area contributed by atoms with Crippen LogP contribution in [0.25, 0.3) is 0 Å². The van der Waals surface area contributed by atoms with Crippen LogP contribution >= 0.6 is 11.8 Å². The lowest BCUT2D eigenvalue weighted by molar-refractivity contribution is 0.426. The summed E-state index contributed by atoms with van der Waals surface area (Å²) in [5.41, 5.74) is 1.41. The highest BCUT2D eigenvalue weighted by atomic mass is 32.2. The Balaban J connectivity index is 1.91. The van der Waals surface area contributed by atoms with Gasteiger partial charge in [0.2, 0.25) is 0 Å². The summed E-state index contributed by atoms with van der Waals surface area (Å²) in [6.07, 6.45) is 0.518. The Morgan fingerprint density at radius 2 is 2.00 bits per heavy atom. The van der Waals surface area contributed by atoms with Crippen LogP contribution in [0.1, 0.15) is 25.3 Å². The Hall–Kier alpha value is -0.470. The van der Waals surface area contributed by atoms with Crippen LogP contribution in [-0.4, -0.2) is 18.5 Å². The third kappa shape index (κ3) is 2.76. The van der Waals surface area contributed by atoms with E-state index in [0.717, 1.165) is 12.4 Å². The summed E-state index contributed by atoms with van der Waals surface area (Å²) in [5, 5.41) is 0. The highest BCUT2D eigenvalue weighted by Gasteiger charge is 2.21. The molecule has 1 atom stereocenters. The van der Waals surface area contributed by atoms with Crippen molar-refractivity contribution < 1.29 is 4.74 Å². The summed E-state index contributed by atoms with van der Waals surface area (Å²) in [4.78, 5) is 1.35. The average molecular weight is 208 g/mol. The van der Waals surface area contributed by atoms with Gasteiger partial charge in [0.05, 0.1) is 12.7 Å². The van der Waals surface area contributed by atoms with Gasteiger partial charge in [-0.15, -0.1) is 11.8 Å². The zero-order chi connectivity index (χ0) is 9.97. The molecule has 1 unspecified atom stereocenters. The molecule has 0 spiro atoms. The Labute approximate surface area is 89.9 Å². The van der Waals surface area contributed by atoms with Gasteiger partial charge in [-0.05, 0) is 23.6 Å². The lowest BCUT2D eigenvalue weighted by Crippen LogP contribution is -1.89. The predicted octanol–water partition coefficient (Wildman–Crippen LogP) is 3.30. The fraction of sp³-hybridized carbons (Fsp3) is 0.500. The van der Waals surface area contributed by atoms with Crippen molar-refractivity contribution in [2.75, 3.05) is 12.4 Å². The van der Waals surface area contributed by atoms with Crippen LogP contribution in [-0.2, 0) is 4.74 Å². The molecule has 1 aliphatic rings. The van der Waals surface area contributed by atoms with E-state index in [9.17, 15) is 0 Å². The summed E-state index contributed by atoms with van der Waals surface area (Å²) in [5.74, 6) is 1.72. The van der Waals surface area contributed by atoms with Gasteiger partial charge in [0.25, 0.3) is 0 Å². The van der Waals surface area contributed by atoms with E-state index >= 15 is 0 Å². The monoisotopic (exact) mass is 208 g/mol. The number of ether oxygens (including phenoxy) is 1. The number of thioether (sulfide) groups is 1. The number of epoxide rings is 1. The van der Waals surface area contributed by atoms with E-state index in [2.05, 4.69) is 38.1 Å². The second-order valence-corrected chi connectivity index (χ2v) is 5.08. The lowest BCUT2D eigenvalue weighted by atomic mass is 10.0. The van der Waals surface area contributed by atoms with Crippen molar-refractivity contribution in [2.45, 2.75) is 30.8 Å². The third-order valence-electron chi connectivity index (χ3n) is 2.39. The Morgan fingerprint density at radius 1 is 1.36 bits per heavy atom. The molecule has 1 heterocycles. The van der Waals surface area contributed by atoms with Crippen LogP contribution in [0.3, 0.4) is 0 Å². The first-order valence-corrected chi connectivity index (χ1v) is 6.08. The highest BCUT2D eigenvalue weighted by molar-refractivity contribution is 7.99. The second kappa shape index (κ2) is 4.37. The summed E-state index contributed by atoms with van der Waals surface area (Å²) < 4.78 is 5.17. The van der Waals surface area contributed by atoms with Gasteiger partial charge in [0.1, 0.15) is 0 Å². The highest BCUT2D eigenvalue weighted by Crippen LogP contribution is 2.25. The summed E-state index contributed by atoms with van der Waals surface area (Å²) >= 11 is 1.89. The van der Waals surface area contributed by atoms with Crippen LogP contribution in [0.2, 0.25) is 0 Å². The van der Waals surface area contributed by atoms with E-state index in [4.69, 9.17) is 4.74 Å². The van der Waals surface area contributed by atoms with Crippen LogP contribution in [0.5, 0.6) is 0 Å².